The average Bonchev–Trinajstić information content (AvgIpc) is 3.06. The van der Waals surface area contributed by atoms with Crippen molar-refractivity contribution in [2.45, 2.75) is 6.54 Å². The third-order valence-electron chi connectivity index (χ3n) is 3.62. The van der Waals surface area contributed by atoms with Crippen LogP contribution in [0, 0.1) is 0 Å². The summed E-state index contributed by atoms with van der Waals surface area (Å²) in [5.41, 5.74) is 1.07. The molecule has 25 heavy (non-hydrogen) atoms. The van der Waals surface area contributed by atoms with Gasteiger partial charge >= 0.3 is 5.69 Å². The van der Waals surface area contributed by atoms with E-state index in [1.54, 1.807) is 18.6 Å². The monoisotopic (exact) mass is 335 g/mol. The zero-order valence-corrected chi connectivity index (χ0v) is 12.9. The zero-order valence-electron chi connectivity index (χ0n) is 12.9. The molecular weight excluding hydrogens is 322 g/mol. The van der Waals surface area contributed by atoms with E-state index < -0.39 is 11.2 Å². The number of nitrogens with one attached hydrogen (secondary N) is 4. The van der Waals surface area contributed by atoms with E-state index in [1.165, 1.54) is 0 Å². The second kappa shape index (κ2) is 6.04. The minimum Gasteiger partial charge on any atom is -0.366 e. The summed E-state index contributed by atoms with van der Waals surface area (Å²) in [6.07, 6.45) is 5.14. The van der Waals surface area contributed by atoms with Crippen molar-refractivity contribution in [3.8, 4) is 11.4 Å². The Kier molecular flexibility index (Phi) is 3.58. The van der Waals surface area contributed by atoms with Gasteiger partial charge in [0.25, 0.3) is 5.56 Å². The smallest absolute Gasteiger partial charge is 0.327 e. The molecule has 0 atom stereocenters. The molecule has 4 rings (SSSR count). The maximum atomic E-state index is 11.7. The minimum absolute atomic E-state index is 0.211. The number of fused-ring (bicyclic) bond motifs is 1. The standard InChI is InChI=1S/C16H13N7O2/c24-15-12-14(22-16(25)23-15)21-13(20-12)10-3-4-11(19-8-10)18-7-9-2-1-5-17-6-9/h1-6,8H,7H2,(H,18,19)(H3,20,21,22,23,24,25). The molecule has 0 saturated heterocycles. The van der Waals surface area contributed by atoms with E-state index in [2.05, 4.69) is 35.2 Å². The van der Waals surface area contributed by atoms with E-state index in [0.29, 0.717) is 23.8 Å². The summed E-state index contributed by atoms with van der Waals surface area (Å²) in [6.45, 7) is 0.613. The lowest BCUT2D eigenvalue weighted by atomic mass is 10.2. The van der Waals surface area contributed by atoms with E-state index in [-0.39, 0.29) is 11.2 Å². The summed E-state index contributed by atoms with van der Waals surface area (Å²) in [4.78, 5) is 43.2. The molecule has 124 valence electrons. The lowest BCUT2D eigenvalue weighted by Crippen LogP contribution is -2.21. The first kappa shape index (κ1) is 14.8. The van der Waals surface area contributed by atoms with Crippen LogP contribution in [0.15, 0.2) is 52.4 Å². The van der Waals surface area contributed by atoms with Gasteiger partial charge in [0.05, 0.1) is 0 Å². The SMILES string of the molecule is O=c1[nH]c(=O)c2[nH]c(-c3ccc(NCc4cccnc4)nc3)nc2[nH]1. The van der Waals surface area contributed by atoms with Crippen LogP contribution >= 0.6 is 0 Å². The third-order valence-corrected chi connectivity index (χ3v) is 3.62. The lowest BCUT2D eigenvalue weighted by molar-refractivity contribution is 1.07. The summed E-state index contributed by atoms with van der Waals surface area (Å²) in [7, 11) is 0. The summed E-state index contributed by atoms with van der Waals surface area (Å²) in [5, 5.41) is 3.20. The first-order chi connectivity index (χ1) is 12.2. The normalized spacial score (nSPS) is 10.9. The van der Waals surface area contributed by atoms with Gasteiger partial charge in [-0.05, 0) is 23.8 Å². The van der Waals surface area contributed by atoms with Gasteiger partial charge < -0.3 is 10.3 Å². The summed E-state index contributed by atoms with van der Waals surface area (Å²) in [5.74, 6) is 1.16. The van der Waals surface area contributed by atoms with Crippen molar-refractivity contribution in [3.05, 3.63) is 69.3 Å². The largest absolute Gasteiger partial charge is 0.366 e. The Hall–Kier alpha value is -3.75. The molecule has 4 aromatic heterocycles. The highest BCUT2D eigenvalue weighted by Gasteiger charge is 2.09. The number of nitrogens with zero attached hydrogens (tertiary/aromatic N) is 3. The van der Waals surface area contributed by atoms with Crippen LogP contribution in [0.1, 0.15) is 5.56 Å². The van der Waals surface area contributed by atoms with Crippen LogP contribution in [0.25, 0.3) is 22.6 Å². The average molecular weight is 335 g/mol. The molecule has 0 fully saturated rings. The highest BCUT2D eigenvalue weighted by molar-refractivity contribution is 5.74. The Morgan fingerprint density at radius 3 is 2.72 bits per heavy atom. The molecule has 4 N–H and O–H groups in total. The number of aromatic nitrogens is 6. The van der Waals surface area contributed by atoms with Gasteiger partial charge in [0.2, 0.25) is 0 Å². The second-order valence-electron chi connectivity index (χ2n) is 5.36. The van der Waals surface area contributed by atoms with Crippen molar-refractivity contribution < 1.29 is 0 Å². The van der Waals surface area contributed by atoms with Gasteiger partial charge in [0.1, 0.15) is 17.2 Å². The number of H-pyrrole nitrogens is 3. The van der Waals surface area contributed by atoms with Crippen LogP contribution in [0.3, 0.4) is 0 Å². The van der Waals surface area contributed by atoms with Crippen molar-refractivity contribution in [1.29, 1.82) is 0 Å². The Morgan fingerprint density at radius 2 is 1.96 bits per heavy atom. The fraction of sp³-hybridized carbons (Fsp3) is 0.0625. The van der Waals surface area contributed by atoms with E-state index in [4.69, 9.17) is 0 Å². The Bertz CT molecular complexity index is 1130. The molecule has 0 aliphatic rings. The molecule has 0 aliphatic carbocycles. The van der Waals surface area contributed by atoms with Gasteiger partial charge in [-0.2, -0.15) is 0 Å². The summed E-state index contributed by atoms with van der Waals surface area (Å²) < 4.78 is 0. The van der Waals surface area contributed by atoms with Crippen molar-refractivity contribution >= 4 is 17.0 Å². The quantitative estimate of drug-likeness (QED) is 0.440. The first-order valence-electron chi connectivity index (χ1n) is 7.50. The number of hydrogen-bond acceptors (Lipinski definition) is 6. The Morgan fingerprint density at radius 1 is 1.04 bits per heavy atom. The van der Waals surface area contributed by atoms with E-state index >= 15 is 0 Å². The lowest BCUT2D eigenvalue weighted by Gasteiger charge is -2.05. The fourth-order valence-electron chi connectivity index (χ4n) is 2.40. The number of rotatable bonds is 4. The van der Waals surface area contributed by atoms with Crippen LogP contribution in [-0.4, -0.2) is 29.9 Å². The summed E-state index contributed by atoms with van der Waals surface area (Å²) >= 11 is 0. The maximum absolute atomic E-state index is 11.7. The molecule has 4 heterocycles. The van der Waals surface area contributed by atoms with Gasteiger partial charge in [-0.15, -0.1) is 0 Å². The van der Waals surface area contributed by atoms with E-state index in [9.17, 15) is 9.59 Å². The zero-order chi connectivity index (χ0) is 17.2. The molecule has 0 spiro atoms. The van der Waals surface area contributed by atoms with Crippen LogP contribution < -0.4 is 16.6 Å². The Balaban J connectivity index is 1.57. The molecular formula is C16H13N7O2. The minimum atomic E-state index is -0.594. The molecule has 0 radical (unpaired) electrons. The molecule has 0 unspecified atom stereocenters. The number of imidazole rings is 1. The van der Waals surface area contributed by atoms with Crippen LogP contribution in [0.5, 0.6) is 0 Å². The number of anilines is 1. The maximum Gasteiger partial charge on any atom is 0.327 e. The highest BCUT2D eigenvalue weighted by Crippen LogP contribution is 2.18. The highest BCUT2D eigenvalue weighted by atomic mass is 16.2. The summed E-state index contributed by atoms with van der Waals surface area (Å²) in [6, 6.07) is 7.48. The topological polar surface area (TPSA) is 132 Å². The van der Waals surface area contributed by atoms with Gasteiger partial charge in [-0.25, -0.2) is 14.8 Å². The molecule has 4 aromatic rings. The second-order valence-corrected chi connectivity index (χ2v) is 5.36. The molecule has 0 aliphatic heterocycles. The van der Waals surface area contributed by atoms with Crippen molar-refractivity contribution in [3.63, 3.8) is 0 Å². The van der Waals surface area contributed by atoms with Crippen LogP contribution in [0.2, 0.25) is 0 Å². The molecule has 0 amide bonds. The van der Waals surface area contributed by atoms with Crippen molar-refractivity contribution in [1.82, 2.24) is 29.9 Å². The van der Waals surface area contributed by atoms with Crippen molar-refractivity contribution in [2.24, 2.45) is 0 Å². The number of pyridine rings is 2. The van der Waals surface area contributed by atoms with Gasteiger partial charge in [-0.1, -0.05) is 6.07 Å². The van der Waals surface area contributed by atoms with E-state index in [0.717, 1.165) is 5.56 Å². The van der Waals surface area contributed by atoms with Gasteiger partial charge in [-0.3, -0.25) is 19.7 Å². The van der Waals surface area contributed by atoms with Crippen LogP contribution in [-0.2, 0) is 6.54 Å². The molecule has 9 heteroatoms. The van der Waals surface area contributed by atoms with Crippen LogP contribution in [0.4, 0.5) is 5.82 Å². The number of hydrogen-bond donors (Lipinski definition) is 4. The van der Waals surface area contributed by atoms with E-state index in [1.807, 2.05) is 24.3 Å². The number of aromatic amines is 3. The van der Waals surface area contributed by atoms with Gasteiger partial charge in [0, 0.05) is 30.7 Å². The fourth-order valence-corrected chi connectivity index (χ4v) is 2.40. The molecule has 9 nitrogen and oxygen atoms in total. The Labute approximate surface area is 140 Å². The predicted molar refractivity (Wildman–Crippen MR) is 92.1 cm³/mol. The molecule has 0 saturated carbocycles. The third kappa shape index (κ3) is 3.02. The molecule has 0 bridgehead atoms. The first-order valence-corrected chi connectivity index (χ1v) is 7.50. The van der Waals surface area contributed by atoms with Gasteiger partial charge in [0.15, 0.2) is 5.65 Å². The predicted octanol–water partition coefficient (Wildman–Crippen LogP) is 1.01. The van der Waals surface area contributed by atoms with Crippen molar-refractivity contribution in [2.75, 3.05) is 5.32 Å². The molecule has 0 aromatic carbocycles.